The number of aryl methyl sites for hydroxylation is 2. The fourth-order valence-corrected chi connectivity index (χ4v) is 3.15. The van der Waals surface area contributed by atoms with Gasteiger partial charge in [-0.2, -0.15) is 0 Å². The molecule has 0 radical (unpaired) electrons. The Labute approximate surface area is 136 Å². The average molecular weight is 308 g/mol. The van der Waals surface area contributed by atoms with Crippen molar-refractivity contribution in [3.8, 4) is 0 Å². The van der Waals surface area contributed by atoms with Gasteiger partial charge in [-0.25, -0.2) is 4.79 Å². The fraction of sp³-hybridized carbons (Fsp3) is 0.300. The molecule has 23 heavy (non-hydrogen) atoms. The van der Waals surface area contributed by atoms with E-state index in [2.05, 4.69) is 6.07 Å². The Bertz CT molecular complexity index is 729. The van der Waals surface area contributed by atoms with Gasteiger partial charge in [0.25, 0.3) is 0 Å². The fourth-order valence-electron chi connectivity index (χ4n) is 3.15. The van der Waals surface area contributed by atoms with Crippen LogP contribution in [0.1, 0.15) is 63.1 Å². The van der Waals surface area contributed by atoms with Gasteiger partial charge in [0.15, 0.2) is 5.78 Å². The first-order chi connectivity index (χ1) is 11.1. The van der Waals surface area contributed by atoms with Crippen LogP contribution in [-0.2, 0) is 12.8 Å². The van der Waals surface area contributed by atoms with Gasteiger partial charge in [0.1, 0.15) is 0 Å². The number of hydrogen-bond acceptors (Lipinski definition) is 2. The highest BCUT2D eigenvalue weighted by Crippen LogP contribution is 2.22. The molecule has 3 nitrogen and oxygen atoms in total. The molecule has 0 amide bonds. The first kappa shape index (κ1) is 15.5. The Kier molecular flexibility index (Phi) is 4.56. The molecular formula is C20H20O3. The molecule has 1 aliphatic carbocycles. The van der Waals surface area contributed by atoms with Crippen LogP contribution in [-0.4, -0.2) is 16.9 Å². The minimum Gasteiger partial charge on any atom is -0.478 e. The van der Waals surface area contributed by atoms with Crippen LogP contribution in [0.25, 0.3) is 0 Å². The van der Waals surface area contributed by atoms with E-state index in [0.29, 0.717) is 5.56 Å². The smallest absolute Gasteiger partial charge is 0.335 e. The summed E-state index contributed by atoms with van der Waals surface area (Å²) in [6, 6.07) is 12.3. The Balaban J connectivity index is 1.91. The molecule has 118 valence electrons. The normalized spacial score (nSPS) is 14.4. The molecule has 0 unspecified atom stereocenters. The zero-order chi connectivity index (χ0) is 16.2. The summed E-state index contributed by atoms with van der Waals surface area (Å²) in [5.74, 6) is -1.00. The Morgan fingerprint density at radius 3 is 2.13 bits per heavy atom. The number of carboxylic acids is 1. The van der Waals surface area contributed by atoms with E-state index in [1.807, 2.05) is 12.1 Å². The standard InChI is InChI=1S/C20H20O3/c21-19(15-8-10-16(11-9-15)20(22)23)18-12-7-14-5-3-1-2-4-6-17(18)13-14/h7-13H,1-6H2,(H,22,23). The van der Waals surface area contributed by atoms with Crippen molar-refractivity contribution in [3.63, 3.8) is 0 Å². The van der Waals surface area contributed by atoms with E-state index in [-0.39, 0.29) is 11.3 Å². The van der Waals surface area contributed by atoms with E-state index in [1.165, 1.54) is 37.0 Å². The number of hydrogen-bond donors (Lipinski definition) is 1. The van der Waals surface area contributed by atoms with Crippen LogP contribution < -0.4 is 0 Å². The van der Waals surface area contributed by atoms with Crippen molar-refractivity contribution in [2.24, 2.45) is 0 Å². The summed E-state index contributed by atoms with van der Waals surface area (Å²) in [5, 5.41) is 8.95. The molecule has 2 aromatic carbocycles. The number of aromatic carboxylic acids is 1. The van der Waals surface area contributed by atoms with E-state index in [4.69, 9.17) is 5.11 Å². The Morgan fingerprint density at radius 2 is 1.43 bits per heavy atom. The van der Waals surface area contributed by atoms with Gasteiger partial charge in [-0.1, -0.05) is 43.2 Å². The predicted octanol–water partition coefficient (Wildman–Crippen LogP) is 4.27. The van der Waals surface area contributed by atoms with Gasteiger partial charge >= 0.3 is 5.97 Å². The quantitative estimate of drug-likeness (QED) is 0.861. The van der Waals surface area contributed by atoms with Gasteiger partial charge in [0.2, 0.25) is 0 Å². The maximum atomic E-state index is 12.8. The van der Waals surface area contributed by atoms with Crippen molar-refractivity contribution in [1.82, 2.24) is 0 Å². The summed E-state index contributed by atoms with van der Waals surface area (Å²) in [6.07, 6.45) is 6.79. The second-order valence-electron chi connectivity index (χ2n) is 6.12. The third-order valence-corrected chi connectivity index (χ3v) is 4.47. The van der Waals surface area contributed by atoms with Crippen LogP contribution in [0.2, 0.25) is 0 Å². The molecule has 1 N–H and O–H groups in total. The molecule has 0 aliphatic heterocycles. The highest BCUT2D eigenvalue weighted by molar-refractivity contribution is 6.10. The maximum Gasteiger partial charge on any atom is 0.335 e. The molecule has 0 heterocycles. The highest BCUT2D eigenvalue weighted by Gasteiger charge is 2.15. The number of ketones is 1. The second kappa shape index (κ2) is 6.78. The van der Waals surface area contributed by atoms with Crippen LogP contribution in [0.5, 0.6) is 0 Å². The van der Waals surface area contributed by atoms with Crippen molar-refractivity contribution in [1.29, 1.82) is 0 Å². The maximum absolute atomic E-state index is 12.8. The van der Waals surface area contributed by atoms with Crippen LogP contribution in [0.15, 0.2) is 42.5 Å². The van der Waals surface area contributed by atoms with Gasteiger partial charge in [-0.15, -0.1) is 0 Å². The average Bonchev–Trinajstić information content (AvgIpc) is 2.65. The third-order valence-electron chi connectivity index (χ3n) is 4.47. The van der Waals surface area contributed by atoms with Crippen LogP contribution in [0.3, 0.4) is 0 Å². The largest absolute Gasteiger partial charge is 0.478 e. The lowest BCUT2D eigenvalue weighted by Gasteiger charge is -2.10. The third kappa shape index (κ3) is 3.50. The van der Waals surface area contributed by atoms with Gasteiger partial charge in [0, 0.05) is 11.1 Å². The van der Waals surface area contributed by atoms with Crippen molar-refractivity contribution in [2.45, 2.75) is 38.5 Å². The second-order valence-corrected chi connectivity index (χ2v) is 6.12. The monoisotopic (exact) mass is 308 g/mol. The summed E-state index contributed by atoms with van der Waals surface area (Å²) >= 11 is 0. The zero-order valence-corrected chi connectivity index (χ0v) is 13.0. The van der Waals surface area contributed by atoms with Gasteiger partial charge in [-0.3, -0.25) is 4.79 Å². The number of carboxylic acid groups (broad SMARTS) is 1. The molecule has 3 heteroatoms. The summed E-state index contributed by atoms with van der Waals surface area (Å²) in [5.41, 5.74) is 3.91. The van der Waals surface area contributed by atoms with Crippen molar-refractivity contribution < 1.29 is 14.7 Å². The number of fused-ring (bicyclic) bond motifs is 2. The van der Waals surface area contributed by atoms with Gasteiger partial charge < -0.3 is 5.11 Å². The summed E-state index contributed by atoms with van der Waals surface area (Å²) in [7, 11) is 0. The number of carbonyl (C=O) groups is 2. The predicted molar refractivity (Wildman–Crippen MR) is 89.2 cm³/mol. The summed E-state index contributed by atoms with van der Waals surface area (Å²) < 4.78 is 0. The van der Waals surface area contributed by atoms with Crippen LogP contribution in [0.4, 0.5) is 0 Å². The zero-order valence-electron chi connectivity index (χ0n) is 13.0. The SMILES string of the molecule is O=C(O)c1ccc(C(=O)c2ccc3cc2CCCCCC3)cc1. The lowest BCUT2D eigenvalue weighted by atomic mass is 9.93. The molecule has 0 spiro atoms. The van der Waals surface area contributed by atoms with Crippen molar-refractivity contribution in [3.05, 3.63) is 70.3 Å². The van der Waals surface area contributed by atoms with E-state index >= 15 is 0 Å². The topological polar surface area (TPSA) is 54.4 Å². The molecule has 3 rings (SSSR count). The molecular weight excluding hydrogens is 288 g/mol. The molecule has 2 aromatic rings. The van der Waals surface area contributed by atoms with E-state index < -0.39 is 5.97 Å². The molecule has 1 aliphatic rings. The Hall–Kier alpha value is -2.42. The van der Waals surface area contributed by atoms with E-state index in [1.54, 1.807) is 12.1 Å². The van der Waals surface area contributed by atoms with Crippen molar-refractivity contribution >= 4 is 11.8 Å². The van der Waals surface area contributed by atoms with Gasteiger partial charge in [0.05, 0.1) is 5.56 Å². The molecule has 2 bridgehead atoms. The molecule has 0 atom stereocenters. The number of carbonyl (C=O) groups excluding carboxylic acids is 1. The molecule has 0 aromatic heterocycles. The van der Waals surface area contributed by atoms with Crippen molar-refractivity contribution in [2.75, 3.05) is 0 Å². The van der Waals surface area contributed by atoms with Gasteiger partial charge in [-0.05, 0) is 48.9 Å². The summed E-state index contributed by atoms with van der Waals surface area (Å²) in [6.45, 7) is 0. The van der Waals surface area contributed by atoms with E-state index in [9.17, 15) is 9.59 Å². The minimum absolute atomic E-state index is 0.0252. The van der Waals surface area contributed by atoms with E-state index in [0.717, 1.165) is 30.4 Å². The first-order valence-corrected chi connectivity index (χ1v) is 8.15. The minimum atomic E-state index is -0.979. The number of benzene rings is 2. The highest BCUT2D eigenvalue weighted by atomic mass is 16.4. The first-order valence-electron chi connectivity index (χ1n) is 8.15. The Morgan fingerprint density at radius 1 is 0.783 bits per heavy atom. The van der Waals surface area contributed by atoms with Crippen LogP contribution in [0, 0.1) is 0 Å². The molecule has 0 saturated heterocycles. The number of rotatable bonds is 3. The molecule has 0 fully saturated rings. The summed E-state index contributed by atoms with van der Waals surface area (Å²) in [4.78, 5) is 23.7. The van der Waals surface area contributed by atoms with Crippen LogP contribution >= 0.6 is 0 Å². The lowest BCUT2D eigenvalue weighted by Crippen LogP contribution is -2.07. The lowest BCUT2D eigenvalue weighted by molar-refractivity contribution is 0.0696. The molecule has 0 saturated carbocycles.